The summed E-state index contributed by atoms with van der Waals surface area (Å²) in [4.78, 5) is 0. The standard InChI is InChI=1S/C16H15N3O3/c1-20-11-6-7-12(16-9-21-16)15(8-11)22-10-19-14-5-3-2-4-13(14)17-18-19/h2-8,16H,9-10H2,1H3. The molecular formula is C16H15N3O3. The predicted molar refractivity (Wildman–Crippen MR) is 79.8 cm³/mol. The fourth-order valence-corrected chi connectivity index (χ4v) is 2.40. The summed E-state index contributed by atoms with van der Waals surface area (Å²) in [6.07, 6.45) is 0.119. The molecular weight excluding hydrogens is 282 g/mol. The van der Waals surface area contributed by atoms with E-state index in [2.05, 4.69) is 10.3 Å². The first-order chi connectivity index (χ1) is 10.8. The zero-order chi connectivity index (χ0) is 14.9. The van der Waals surface area contributed by atoms with Gasteiger partial charge >= 0.3 is 0 Å². The predicted octanol–water partition coefficient (Wildman–Crippen LogP) is 2.55. The van der Waals surface area contributed by atoms with Gasteiger partial charge in [-0.1, -0.05) is 17.3 Å². The highest BCUT2D eigenvalue weighted by Crippen LogP contribution is 2.38. The first kappa shape index (κ1) is 13.1. The Bertz CT molecular complexity index is 811. The average molecular weight is 297 g/mol. The van der Waals surface area contributed by atoms with Gasteiger partial charge in [0.25, 0.3) is 0 Å². The van der Waals surface area contributed by atoms with E-state index in [1.807, 2.05) is 42.5 Å². The number of ether oxygens (including phenoxy) is 3. The van der Waals surface area contributed by atoms with Gasteiger partial charge in [0.15, 0.2) is 6.73 Å². The van der Waals surface area contributed by atoms with Crippen LogP contribution in [0.3, 0.4) is 0 Å². The molecule has 1 aliphatic rings. The van der Waals surface area contributed by atoms with Gasteiger partial charge in [0.2, 0.25) is 0 Å². The van der Waals surface area contributed by atoms with Crippen LogP contribution in [-0.4, -0.2) is 28.7 Å². The lowest BCUT2D eigenvalue weighted by atomic mass is 10.1. The summed E-state index contributed by atoms with van der Waals surface area (Å²) < 4.78 is 18.3. The molecule has 0 aliphatic carbocycles. The van der Waals surface area contributed by atoms with Crippen LogP contribution >= 0.6 is 0 Å². The summed E-state index contributed by atoms with van der Waals surface area (Å²) in [5, 5.41) is 8.24. The molecule has 0 spiro atoms. The van der Waals surface area contributed by atoms with Gasteiger partial charge in [0.1, 0.15) is 23.1 Å². The van der Waals surface area contributed by atoms with E-state index in [-0.39, 0.29) is 12.8 Å². The van der Waals surface area contributed by atoms with Crippen LogP contribution in [0.5, 0.6) is 11.5 Å². The van der Waals surface area contributed by atoms with E-state index < -0.39 is 0 Å². The van der Waals surface area contributed by atoms with E-state index in [0.29, 0.717) is 0 Å². The summed E-state index contributed by atoms with van der Waals surface area (Å²) in [5.74, 6) is 1.50. The Morgan fingerprint density at radius 3 is 2.95 bits per heavy atom. The molecule has 0 N–H and O–H groups in total. The summed E-state index contributed by atoms with van der Waals surface area (Å²) in [6.45, 7) is 1.02. The Kier molecular flexibility index (Phi) is 3.16. The number of benzene rings is 2. The summed E-state index contributed by atoms with van der Waals surface area (Å²) >= 11 is 0. The van der Waals surface area contributed by atoms with Crippen LogP contribution < -0.4 is 9.47 Å². The van der Waals surface area contributed by atoms with Crippen LogP contribution in [-0.2, 0) is 11.5 Å². The highest BCUT2D eigenvalue weighted by atomic mass is 16.6. The lowest BCUT2D eigenvalue weighted by molar-refractivity contribution is 0.218. The van der Waals surface area contributed by atoms with Crippen molar-refractivity contribution in [3.63, 3.8) is 0 Å². The number of fused-ring (bicyclic) bond motifs is 1. The quantitative estimate of drug-likeness (QED) is 0.677. The Balaban J connectivity index is 1.60. The Morgan fingerprint density at radius 1 is 1.27 bits per heavy atom. The monoisotopic (exact) mass is 297 g/mol. The number of nitrogens with zero attached hydrogens (tertiary/aromatic N) is 3. The highest BCUT2D eigenvalue weighted by molar-refractivity contribution is 5.73. The minimum absolute atomic E-state index is 0.119. The molecule has 0 saturated carbocycles. The number of epoxide rings is 1. The second-order valence-electron chi connectivity index (χ2n) is 5.08. The maximum absolute atomic E-state index is 5.93. The van der Waals surface area contributed by atoms with E-state index in [1.54, 1.807) is 11.8 Å². The molecule has 3 aromatic rings. The highest BCUT2D eigenvalue weighted by Gasteiger charge is 2.28. The van der Waals surface area contributed by atoms with Crippen LogP contribution in [0.25, 0.3) is 11.0 Å². The van der Waals surface area contributed by atoms with E-state index in [9.17, 15) is 0 Å². The van der Waals surface area contributed by atoms with Crippen molar-refractivity contribution < 1.29 is 14.2 Å². The zero-order valence-electron chi connectivity index (χ0n) is 12.1. The van der Waals surface area contributed by atoms with Crippen molar-refractivity contribution in [3.8, 4) is 11.5 Å². The molecule has 1 atom stereocenters. The molecule has 1 fully saturated rings. The van der Waals surface area contributed by atoms with Crippen LogP contribution in [0.1, 0.15) is 11.7 Å². The lowest BCUT2D eigenvalue weighted by Gasteiger charge is -2.12. The molecule has 4 rings (SSSR count). The number of hydrogen-bond donors (Lipinski definition) is 0. The zero-order valence-corrected chi connectivity index (χ0v) is 12.1. The smallest absolute Gasteiger partial charge is 0.183 e. The normalized spacial score (nSPS) is 16.7. The molecule has 2 heterocycles. The largest absolute Gasteiger partial charge is 0.497 e. The number of methoxy groups -OCH3 is 1. The minimum atomic E-state index is 0.119. The van der Waals surface area contributed by atoms with Gasteiger partial charge in [0.05, 0.1) is 19.2 Å². The molecule has 0 amide bonds. The van der Waals surface area contributed by atoms with Crippen molar-refractivity contribution in [2.45, 2.75) is 12.8 Å². The molecule has 112 valence electrons. The molecule has 0 radical (unpaired) electrons. The molecule has 1 aromatic heterocycles. The average Bonchev–Trinajstić information content (AvgIpc) is 3.33. The second-order valence-corrected chi connectivity index (χ2v) is 5.08. The molecule has 6 nitrogen and oxygen atoms in total. The van der Waals surface area contributed by atoms with Crippen LogP contribution in [0.2, 0.25) is 0 Å². The number of rotatable bonds is 5. The third-order valence-corrected chi connectivity index (χ3v) is 3.66. The van der Waals surface area contributed by atoms with E-state index in [0.717, 1.165) is 34.7 Å². The maximum Gasteiger partial charge on any atom is 0.183 e. The molecule has 1 aliphatic heterocycles. The Labute approximate surface area is 127 Å². The van der Waals surface area contributed by atoms with Gasteiger partial charge in [-0.2, -0.15) is 0 Å². The van der Waals surface area contributed by atoms with Gasteiger partial charge in [-0.05, 0) is 24.3 Å². The Hall–Kier alpha value is -2.60. The van der Waals surface area contributed by atoms with E-state index in [4.69, 9.17) is 14.2 Å². The van der Waals surface area contributed by atoms with Crippen LogP contribution in [0.15, 0.2) is 42.5 Å². The van der Waals surface area contributed by atoms with Gasteiger partial charge in [0, 0.05) is 11.6 Å². The molecule has 22 heavy (non-hydrogen) atoms. The topological polar surface area (TPSA) is 61.7 Å². The SMILES string of the molecule is COc1ccc(C2CO2)c(OCn2nnc3ccccc32)c1. The van der Waals surface area contributed by atoms with E-state index >= 15 is 0 Å². The molecule has 1 unspecified atom stereocenters. The summed E-state index contributed by atoms with van der Waals surface area (Å²) in [5.41, 5.74) is 2.82. The van der Waals surface area contributed by atoms with Crippen LogP contribution in [0.4, 0.5) is 0 Å². The molecule has 6 heteroatoms. The first-order valence-electron chi connectivity index (χ1n) is 7.06. The van der Waals surface area contributed by atoms with Crippen molar-refractivity contribution in [1.82, 2.24) is 15.0 Å². The first-order valence-corrected chi connectivity index (χ1v) is 7.06. The van der Waals surface area contributed by atoms with Crippen molar-refractivity contribution in [3.05, 3.63) is 48.0 Å². The van der Waals surface area contributed by atoms with Gasteiger partial charge in [-0.15, -0.1) is 5.10 Å². The molecule has 0 bridgehead atoms. The minimum Gasteiger partial charge on any atom is -0.497 e. The molecule has 2 aromatic carbocycles. The van der Waals surface area contributed by atoms with Gasteiger partial charge in [-0.3, -0.25) is 0 Å². The summed E-state index contributed by atoms with van der Waals surface area (Å²) in [6, 6.07) is 13.5. The third-order valence-electron chi connectivity index (χ3n) is 3.66. The molecule has 1 saturated heterocycles. The number of hydrogen-bond acceptors (Lipinski definition) is 5. The Morgan fingerprint density at radius 2 is 2.14 bits per heavy atom. The number of para-hydroxylation sites is 1. The maximum atomic E-state index is 5.93. The number of aromatic nitrogens is 3. The van der Waals surface area contributed by atoms with E-state index in [1.165, 1.54) is 0 Å². The van der Waals surface area contributed by atoms with Gasteiger partial charge in [-0.25, -0.2) is 4.68 Å². The summed E-state index contributed by atoms with van der Waals surface area (Å²) in [7, 11) is 1.64. The van der Waals surface area contributed by atoms with Crippen molar-refractivity contribution in [2.24, 2.45) is 0 Å². The van der Waals surface area contributed by atoms with Crippen molar-refractivity contribution >= 4 is 11.0 Å². The van der Waals surface area contributed by atoms with Crippen LogP contribution in [0, 0.1) is 0 Å². The fraction of sp³-hybridized carbons (Fsp3) is 0.250. The fourth-order valence-electron chi connectivity index (χ4n) is 2.40. The van der Waals surface area contributed by atoms with Crippen molar-refractivity contribution in [2.75, 3.05) is 13.7 Å². The van der Waals surface area contributed by atoms with Gasteiger partial charge < -0.3 is 14.2 Å². The lowest BCUT2D eigenvalue weighted by Crippen LogP contribution is -2.08. The third kappa shape index (κ3) is 2.37. The second kappa shape index (κ2) is 5.31. The van der Waals surface area contributed by atoms with Crippen molar-refractivity contribution in [1.29, 1.82) is 0 Å².